The molecule has 124 valence electrons. The van der Waals surface area contributed by atoms with Crippen molar-refractivity contribution < 1.29 is 18.0 Å². The first kappa shape index (κ1) is 16.0. The van der Waals surface area contributed by atoms with E-state index in [1.807, 2.05) is 16.8 Å². The number of alkyl halides is 3. The minimum atomic E-state index is -4.20. The van der Waals surface area contributed by atoms with Crippen LogP contribution in [0.1, 0.15) is 23.6 Å². The SMILES string of the molecule is O=C(Cc1ccsc1)NCc1nnc2n1CCC(C(F)(F)F)C2. The van der Waals surface area contributed by atoms with Crippen molar-refractivity contribution in [2.75, 3.05) is 0 Å². The Labute approximate surface area is 134 Å². The Morgan fingerprint density at radius 2 is 2.26 bits per heavy atom. The molecule has 0 fully saturated rings. The third kappa shape index (κ3) is 3.72. The number of hydrogen-bond donors (Lipinski definition) is 1. The van der Waals surface area contributed by atoms with Gasteiger partial charge in [0.25, 0.3) is 0 Å². The van der Waals surface area contributed by atoms with Gasteiger partial charge in [0.05, 0.1) is 18.9 Å². The van der Waals surface area contributed by atoms with Gasteiger partial charge in [0, 0.05) is 13.0 Å². The van der Waals surface area contributed by atoms with Crippen LogP contribution in [0.15, 0.2) is 16.8 Å². The number of nitrogens with zero attached hydrogens (tertiary/aromatic N) is 3. The molecule has 23 heavy (non-hydrogen) atoms. The average Bonchev–Trinajstić information content (AvgIpc) is 3.13. The van der Waals surface area contributed by atoms with Gasteiger partial charge in [-0.3, -0.25) is 4.79 Å². The number of nitrogens with one attached hydrogen (secondary N) is 1. The van der Waals surface area contributed by atoms with E-state index in [1.165, 1.54) is 11.3 Å². The van der Waals surface area contributed by atoms with Gasteiger partial charge < -0.3 is 9.88 Å². The quantitative estimate of drug-likeness (QED) is 0.926. The van der Waals surface area contributed by atoms with E-state index in [0.29, 0.717) is 11.6 Å². The lowest BCUT2D eigenvalue weighted by Crippen LogP contribution is -2.32. The summed E-state index contributed by atoms with van der Waals surface area (Å²) in [5.41, 5.74) is 0.934. The van der Waals surface area contributed by atoms with Crippen molar-refractivity contribution in [3.8, 4) is 0 Å². The number of amides is 1. The zero-order valence-electron chi connectivity index (χ0n) is 12.1. The van der Waals surface area contributed by atoms with E-state index in [9.17, 15) is 18.0 Å². The molecule has 3 heterocycles. The molecule has 1 N–H and O–H groups in total. The molecule has 1 aliphatic rings. The maximum Gasteiger partial charge on any atom is 0.392 e. The normalized spacial score (nSPS) is 17.8. The summed E-state index contributed by atoms with van der Waals surface area (Å²) < 4.78 is 40.0. The molecule has 0 radical (unpaired) electrons. The Bertz CT molecular complexity index is 681. The van der Waals surface area contributed by atoms with Crippen molar-refractivity contribution in [3.63, 3.8) is 0 Å². The second kappa shape index (κ2) is 6.31. The van der Waals surface area contributed by atoms with E-state index in [4.69, 9.17) is 0 Å². The topological polar surface area (TPSA) is 59.8 Å². The van der Waals surface area contributed by atoms with Crippen molar-refractivity contribution in [3.05, 3.63) is 34.0 Å². The Hall–Kier alpha value is -1.90. The standard InChI is InChI=1S/C14H15F3N4OS/c15-14(16,17)10-1-3-21-11(6-10)19-20-12(21)7-18-13(22)5-9-2-4-23-8-9/h2,4,8,10H,1,3,5-7H2,(H,18,22). The number of carbonyl (C=O) groups is 1. The summed E-state index contributed by atoms with van der Waals surface area (Å²) in [5, 5.41) is 14.3. The van der Waals surface area contributed by atoms with Gasteiger partial charge in [0.2, 0.25) is 5.91 Å². The van der Waals surface area contributed by atoms with Gasteiger partial charge in [-0.25, -0.2) is 0 Å². The van der Waals surface area contributed by atoms with Crippen molar-refractivity contribution in [2.45, 2.75) is 38.5 Å². The van der Waals surface area contributed by atoms with Crippen molar-refractivity contribution >= 4 is 17.2 Å². The number of fused-ring (bicyclic) bond motifs is 1. The molecule has 0 saturated carbocycles. The monoisotopic (exact) mass is 344 g/mol. The summed E-state index contributed by atoms with van der Waals surface area (Å²) in [6.07, 6.45) is -4.06. The summed E-state index contributed by atoms with van der Waals surface area (Å²) in [4.78, 5) is 11.8. The van der Waals surface area contributed by atoms with Gasteiger partial charge in [-0.2, -0.15) is 24.5 Å². The average molecular weight is 344 g/mol. The van der Waals surface area contributed by atoms with Gasteiger partial charge >= 0.3 is 6.18 Å². The van der Waals surface area contributed by atoms with Crippen LogP contribution in [0, 0.1) is 5.92 Å². The second-order valence-corrected chi connectivity index (χ2v) is 6.28. The van der Waals surface area contributed by atoms with Crippen LogP contribution >= 0.6 is 11.3 Å². The number of thiophene rings is 1. The summed E-state index contributed by atoms with van der Waals surface area (Å²) in [7, 11) is 0. The van der Waals surface area contributed by atoms with E-state index >= 15 is 0 Å². The highest BCUT2D eigenvalue weighted by Gasteiger charge is 2.42. The van der Waals surface area contributed by atoms with Gasteiger partial charge in [-0.05, 0) is 28.8 Å². The number of rotatable bonds is 4. The van der Waals surface area contributed by atoms with Crippen LogP contribution in [-0.4, -0.2) is 26.8 Å². The van der Waals surface area contributed by atoms with Crippen LogP contribution in [-0.2, 0) is 30.7 Å². The molecule has 1 aliphatic heterocycles. The summed E-state index contributed by atoms with van der Waals surface area (Å²) in [6.45, 7) is 0.398. The zero-order valence-corrected chi connectivity index (χ0v) is 13.0. The van der Waals surface area contributed by atoms with Crippen LogP contribution in [0.5, 0.6) is 0 Å². The Balaban J connectivity index is 1.58. The fraction of sp³-hybridized carbons (Fsp3) is 0.500. The summed E-state index contributed by atoms with van der Waals surface area (Å²) in [6, 6.07) is 1.88. The second-order valence-electron chi connectivity index (χ2n) is 5.50. The third-order valence-electron chi connectivity index (χ3n) is 3.89. The molecule has 9 heteroatoms. The molecule has 1 unspecified atom stereocenters. The highest BCUT2D eigenvalue weighted by atomic mass is 32.1. The molecule has 1 atom stereocenters. The Morgan fingerprint density at radius 3 is 2.96 bits per heavy atom. The van der Waals surface area contributed by atoms with Gasteiger partial charge in [-0.15, -0.1) is 10.2 Å². The van der Waals surface area contributed by atoms with Crippen LogP contribution in [0.3, 0.4) is 0 Å². The maximum absolute atomic E-state index is 12.8. The van der Waals surface area contributed by atoms with E-state index in [1.54, 1.807) is 4.57 Å². The van der Waals surface area contributed by atoms with Gasteiger partial charge in [-0.1, -0.05) is 0 Å². The molecule has 3 rings (SSSR count). The first-order valence-electron chi connectivity index (χ1n) is 7.19. The molecule has 0 spiro atoms. The van der Waals surface area contributed by atoms with Crippen LogP contribution in [0.4, 0.5) is 13.2 Å². The smallest absolute Gasteiger partial charge is 0.349 e. The summed E-state index contributed by atoms with van der Waals surface area (Å²) >= 11 is 1.52. The number of aromatic nitrogens is 3. The first-order chi connectivity index (χ1) is 10.9. The largest absolute Gasteiger partial charge is 0.392 e. The molecule has 5 nitrogen and oxygen atoms in total. The molecule has 0 bridgehead atoms. The van der Waals surface area contributed by atoms with Crippen molar-refractivity contribution in [1.29, 1.82) is 0 Å². The lowest BCUT2D eigenvalue weighted by molar-refractivity contribution is -0.179. The van der Waals surface area contributed by atoms with Crippen LogP contribution < -0.4 is 5.32 Å². The molecular weight excluding hydrogens is 329 g/mol. The lowest BCUT2D eigenvalue weighted by atomic mass is 9.97. The van der Waals surface area contributed by atoms with E-state index in [-0.39, 0.29) is 38.3 Å². The number of hydrogen-bond acceptors (Lipinski definition) is 4. The maximum atomic E-state index is 12.8. The number of carbonyl (C=O) groups excluding carboxylic acids is 1. The van der Waals surface area contributed by atoms with E-state index in [2.05, 4.69) is 15.5 Å². The molecule has 0 saturated heterocycles. The first-order valence-corrected chi connectivity index (χ1v) is 8.13. The highest BCUT2D eigenvalue weighted by Crippen LogP contribution is 2.34. The molecule has 2 aromatic heterocycles. The zero-order chi connectivity index (χ0) is 16.4. The van der Waals surface area contributed by atoms with Gasteiger partial charge in [0.15, 0.2) is 5.82 Å². The number of halogens is 3. The predicted octanol–water partition coefficient (Wildman–Crippen LogP) is 2.32. The van der Waals surface area contributed by atoms with Gasteiger partial charge in [0.1, 0.15) is 5.82 Å². The highest BCUT2D eigenvalue weighted by molar-refractivity contribution is 7.07. The van der Waals surface area contributed by atoms with Crippen LogP contribution in [0.2, 0.25) is 0 Å². The molecule has 0 aromatic carbocycles. The fourth-order valence-electron chi connectivity index (χ4n) is 2.62. The Morgan fingerprint density at radius 1 is 1.43 bits per heavy atom. The molecule has 2 aromatic rings. The Kier molecular flexibility index (Phi) is 4.38. The lowest BCUT2D eigenvalue weighted by Gasteiger charge is -2.25. The molecule has 0 aliphatic carbocycles. The summed E-state index contributed by atoms with van der Waals surface area (Å²) in [5.74, 6) is -0.676. The molecule has 1 amide bonds. The van der Waals surface area contributed by atoms with E-state index < -0.39 is 12.1 Å². The van der Waals surface area contributed by atoms with E-state index in [0.717, 1.165) is 5.56 Å². The molecular formula is C14H15F3N4OS. The minimum absolute atomic E-state index is 0.0182. The van der Waals surface area contributed by atoms with Crippen molar-refractivity contribution in [1.82, 2.24) is 20.1 Å². The van der Waals surface area contributed by atoms with Crippen LogP contribution in [0.25, 0.3) is 0 Å². The predicted molar refractivity (Wildman–Crippen MR) is 77.8 cm³/mol. The third-order valence-corrected chi connectivity index (χ3v) is 4.62. The van der Waals surface area contributed by atoms with Crippen molar-refractivity contribution in [2.24, 2.45) is 5.92 Å². The fourth-order valence-corrected chi connectivity index (χ4v) is 3.29. The minimum Gasteiger partial charge on any atom is -0.349 e.